The summed E-state index contributed by atoms with van der Waals surface area (Å²) in [5, 5.41) is 11.8. The van der Waals surface area contributed by atoms with Gasteiger partial charge in [0.25, 0.3) is 5.91 Å². The van der Waals surface area contributed by atoms with Gasteiger partial charge in [-0.2, -0.15) is 0 Å². The largest absolute Gasteiger partial charge is 0.497 e. The van der Waals surface area contributed by atoms with Crippen molar-refractivity contribution in [2.24, 2.45) is 5.92 Å². The third-order valence-corrected chi connectivity index (χ3v) is 4.36. The number of allylic oxidation sites excluding steroid dienone is 3. The minimum absolute atomic E-state index is 0.00827. The van der Waals surface area contributed by atoms with Gasteiger partial charge in [0.15, 0.2) is 5.78 Å². The van der Waals surface area contributed by atoms with Gasteiger partial charge in [0.05, 0.1) is 7.11 Å². The van der Waals surface area contributed by atoms with Crippen LogP contribution in [-0.2, 0) is 11.3 Å². The monoisotopic (exact) mass is 394 g/mol. The molecule has 0 aromatic heterocycles. The standard InChI is InChI=1S/C23H26N2O4/c1-16(4-13-22(26)25-28)14-17(2)23(27)19-7-9-20(10-8-19)24-15-18-5-11-21(29-3)12-6-18/h4-14,17,24,28H,15H2,1-3H3,(H,25,26)/b13-4+,16-14+/t17-/m1/s1. The Labute approximate surface area is 170 Å². The summed E-state index contributed by atoms with van der Waals surface area (Å²) in [5.41, 5.74) is 4.95. The molecule has 2 rings (SSSR count). The smallest absolute Gasteiger partial charge is 0.267 e. The molecule has 0 aliphatic rings. The Kier molecular flexibility index (Phi) is 8.18. The zero-order valence-electron chi connectivity index (χ0n) is 16.8. The van der Waals surface area contributed by atoms with Crippen molar-refractivity contribution < 1.29 is 19.5 Å². The fourth-order valence-electron chi connectivity index (χ4n) is 2.73. The van der Waals surface area contributed by atoms with Crippen LogP contribution in [-0.4, -0.2) is 24.0 Å². The fourth-order valence-corrected chi connectivity index (χ4v) is 2.73. The summed E-state index contributed by atoms with van der Waals surface area (Å²) in [7, 11) is 1.64. The quantitative estimate of drug-likeness (QED) is 0.196. The second kappa shape index (κ2) is 10.8. The molecule has 29 heavy (non-hydrogen) atoms. The number of ketones is 1. The van der Waals surface area contributed by atoms with Crippen LogP contribution in [0.1, 0.15) is 29.8 Å². The first-order chi connectivity index (χ1) is 13.9. The first-order valence-electron chi connectivity index (χ1n) is 9.24. The maximum atomic E-state index is 12.6. The van der Waals surface area contributed by atoms with Gasteiger partial charge in [-0.1, -0.05) is 36.8 Å². The number of rotatable bonds is 9. The first kappa shape index (κ1) is 21.9. The third kappa shape index (κ3) is 6.93. The Bertz CT molecular complexity index is 884. The number of methoxy groups -OCH3 is 1. The number of hydrogen-bond donors (Lipinski definition) is 3. The number of carbonyl (C=O) groups excluding carboxylic acids is 2. The van der Waals surface area contributed by atoms with Gasteiger partial charge in [-0.3, -0.25) is 14.8 Å². The third-order valence-electron chi connectivity index (χ3n) is 4.36. The normalized spacial score (nSPS) is 12.5. The summed E-state index contributed by atoms with van der Waals surface area (Å²) in [6.45, 7) is 4.27. The molecule has 0 bridgehead atoms. The summed E-state index contributed by atoms with van der Waals surface area (Å²) in [5.74, 6) is -0.141. The van der Waals surface area contributed by atoms with Crippen molar-refractivity contribution in [3.63, 3.8) is 0 Å². The highest BCUT2D eigenvalue weighted by Gasteiger charge is 2.13. The molecular formula is C23H26N2O4. The average molecular weight is 394 g/mol. The molecule has 0 saturated carbocycles. The molecule has 0 radical (unpaired) electrons. The van der Waals surface area contributed by atoms with Gasteiger partial charge in [0, 0.05) is 29.8 Å². The van der Waals surface area contributed by atoms with Crippen LogP contribution in [0, 0.1) is 5.92 Å². The first-order valence-corrected chi connectivity index (χ1v) is 9.24. The van der Waals surface area contributed by atoms with E-state index in [0.29, 0.717) is 12.1 Å². The van der Waals surface area contributed by atoms with Crippen molar-refractivity contribution in [3.05, 3.63) is 83.5 Å². The summed E-state index contributed by atoms with van der Waals surface area (Å²) in [4.78, 5) is 23.6. The van der Waals surface area contributed by atoms with E-state index in [2.05, 4.69) is 5.32 Å². The van der Waals surface area contributed by atoms with Crippen molar-refractivity contribution in [1.29, 1.82) is 0 Å². The van der Waals surface area contributed by atoms with Gasteiger partial charge in [-0.05, 0) is 48.9 Å². The zero-order valence-corrected chi connectivity index (χ0v) is 16.8. The Morgan fingerprint density at radius 2 is 1.72 bits per heavy atom. The number of Topliss-reactive ketones (excluding diaryl/α,β-unsaturated/α-hetero) is 1. The highest BCUT2D eigenvalue weighted by Crippen LogP contribution is 2.17. The molecule has 1 atom stereocenters. The van der Waals surface area contributed by atoms with Gasteiger partial charge in [0.1, 0.15) is 5.75 Å². The topological polar surface area (TPSA) is 87.7 Å². The molecule has 6 nitrogen and oxygen atoms in total. The predicted molar refractivity (Wildman–Crippen MR) is 113 cm³/mol. The molecule has 6 heteroatoms. The lowest BCUT2D eigenvalue weighted by atomic mass is 9.97. The van der Waals surface area contributed by atoms with Crippen LogP contribution in [0.4, 0.5) is 5.69 Å². The molecule has 2 aromatic rings. The summed E-state index contributed by atoms with van der Waals surface area (Å²) in [6.07, 6.45) is 4.52. The molecule has 152 valence electrons. The second-order valence-corrected chi connectivity index (χ2v) is 6.65. The van der Waals surface area contributed by atoms with Crippen LogP contribution in [0.15, 0.2) is 72.3 Å². The number of anilines is 1. The summed E-state index contributed by atoms with van der Waals surface area (Å²) in [6, 6.07) is 15.2. The molecule has 0 aliphatic carbocycles. The Morgan fingerprint density at radius 1 is 1.07 bits per heavy atom. The zero-order chi connectivity index (χ0) is 21.2. The van der Waals surface area contributed by atoms with Gasteiger partial charge in [-0.15, -0.1) is 0 Å². The van der Waals surface area contributed by atoms with E-state index in [9.17, 15) is 9.59 Å². The molecule has 0 fully saturated rings. The number of ether oxygens (including phenoxy) is 1. The minimum Gasteiger partial charge on any atom is -0.497 e. The highest BCUT2D eigenvalue weighted by atomic mass is 16.5. The van der Waals surface area contributed by atoms with Crippen LogP contribution < -0.4 is 15.5 Å². The summed E-state index contributed by atoms with van der Waals surface area (Å²) >= 11 is 0. The van der Waals surface area contributed by atoms with Crippen molar-refractivity contribution in [3.8, 4) is 5.75 Å². The predicted octanol–water partition coefficient (Wildman–Crippen LogP) is 4.13. The van der Waals surface area contributed by atoms with Gasteiger partial charge in [-0.25, -0.2) is 5.48 Å². The lowest BCUT2D eigenvalue weighted by Gasteiger charge is -2.10. The van der Waals surface area contributed by atoms with E-state index in [4.69, 9.17) is 9.94 Å². The molecule has 0 heterocycles. The lowest BCUT2D eigenvalue weighted by molar-refractivity contribution is -0.124. The molecule has 0 aliphatic heterocycles. The number of benzene rings is 2. The van der Waals surface area contributed by atoms with Crippen molar-refractivity contribution in [1.82, 2.24) is 5.48 Å². The molecule has 1 amide bonds. The van der Waals surface area contributed by atoms with Gasteiger partial charge >= 0.3 is 0 Å². The molecule has 0 saturated heterocycles. The maximum Gasteiger partial charge on any atom is 0.267 e. The number of hydrogen-bond acceptors (Lipinski definition) is 5. The molecule has 0 spiro atoms. The van der Waals surface area contributed by atoms with Crippen LogP contribution >= 0.6 is 0 Å². The Morgan fingerprint density at radius 3 is 2.31 bits per heavy atom. The summed E-state index contributed by atoms with van der Waals surface area (Å²) < 4.78 is 5.15. The average Bonchev–Trinajstić information content (AvgIpc) is 2.76. The van der Waals surface area contributed by atoms with E-state index in [0.717, 1.165) is 22.6 Å². The van der Waals surface area contributed by atoms with E-state index in [-0.39, 0.29) is 11.7 Å². The second-order valence-electron chi connectivity index (χ2n) is 6.65. The van der Waals surface area contributed by atoms with Crippen LogP contribution in [0.3, 0.4) is 0 Å². The van der Waals surface area contributed by atoms with Crippen molar-refractivity contribution >= 4 is 17.4 Å². The van der Waals surface area contributed by atoms with E-state index < -0.39 is 5.91 Å². The van der Waals surface area contributed by atoms with Crippen molar-refractivity contribution in [2.45, 2.75) is 20.4 Å². The van der Waals surface area contributed by atoms with Crippen molar-refractivity contribution in [2.75, 3.05) is 12.4 Å². The van der Waals surface area contributed by atoms with E-state index in [1.54, 1.807) is 38.3 Å². The van der Waals surface area contributed by atoms with Crippen LogP contribution in [0.2, 0.25) is 0 Å². The SMILES string of the molecule is COc1ccc(CNc2ccc(C(=O)[C@H](C)/C=C(C)/C=C/C(=O)NO)cc2)cc1. The van der Waals surface area contributed by atoms with Crippen LogP contribution in [0.25, 0.3) is 0 Å². The Balaban J connectivity index is 1.94. The number of nitrogens with one attached hydrogen (secondary N) is 2. The number of hydroxylamine groups is 1. The van der Waals surface area contributed by atoms with Gasteiger partial charge in [0.2, 0.25) is 0 Å². The minimum atomic E-state index is -0.616. The van der Waals surface area contributed by atoms with Gasteiger partial charge < -0.3 is 10.1 Å². The fraction of sp³-hybridized carbons (Fsp3) is 0.217. The molecular weight excluding hydrogens is 368 g/mol. The number of carbonyl (C=O) groups is 2. The lowest BCUT2D eigenvalue weighted by Crippen LogP contribution is -2.15. The molecule has 0 unspecified atom stereocenters. The molecule has 3 N–H and O–H groups in total. The number of amides is 1. The maximum absolute atomic E-state index is 12.6. The van der Waals surface area contributed by atoms with E-state index >= 15 is 0 Å². The highest BCUT2D eigenvalue weighted by molar-refractivity contribution is 5.99. The van der Waals surface area contributed by atoms with Crippen LogP contribution in [0.5, 0.6) is 5.75 Å². The van der Waals surface area contributed by atoms with E-state index in [1.807, 2.05) is 43.3 Å². The Hall–Kier alpha value is -3.38. The van der Waals surface area contributed by atoms with E-state index in [1.165, 1.54) is 11.6 Å². The molecule has 2 aromatic carbocycles.